The number of rotatable bonds is 6. The van der Waals surface area contributed by atoms with Crippen molar-refractivity contribution in [3.63, 3.8) is 0 Å². The van der Waals surface area contributed by atoms with Crippen LogP contribution in [0.1, 0.15) is 19.4 Å². The first-order valence-electron chi connectivity index (χ1n) is 6.05. The first-order valence-corrected chi connectivity index (χ1v) is 7.90. The summed E-state index contributed by atoms with van der Waals surface area (Å²) in [5.41, 5.74) is 1.44. The third-order valence-corrected chi connectivity index (χ3v) is 4.05. The Balaban J connectivity index is 3.22. The van der Waals surface area contributed by atoms with Crippen LogP contribution in [0.3, 0.4) is 0 Å². The Labute approximate surface area is 113 Å². The van der Waals surface area contributed by atoms with Gasteiger partial charge in [-0.1, -0.05) is 32.0 Å². The van der Waals surface area contributed by atoms with Crippen LogP contribution in [-0.2, 0) is 21.2 Å². The number of carboxylic acid groups (broad SMARTS) is 1. The van der Waals surface area contributed by atoms with Crippen molar-refractivity contribution in [1.82, 2.24) is 0 Å². The molecule has 1 aromatic carbocycles. The van der Waals surface area contributed by atoms with Crippen molar-refractivity contribution >= 4 is 21.7 Å². The molecule has 1 unspecified atom stereocenters. The Bertz CT molecular complexity index is 554. The second-order valence-electron chi connectivity index (χ2n) is 4.52. The molecule has 1 N–H and O–H groups in total. The summed E-state index contributed by atoms with van der Waals surface area (Å²) in [7, 11) is -3.51. The van der Waals surface area contributed by atoms with Crippen LogP contribution in [-0.4, -0.2) is 32.3 Å². The molecule has 0 aliphatic rings. The minimum Gasteiger partial charge on any atom is -0.481 e. The molecule has 106 valence electrons. The quantitative estimate of drug-likeness (QED) is 0.864. The smallest absolute Gasteiger partial charge is 0.308 e. The number of nitrogens with zero attached hydrogens (tertiary/aromatic N) is 1. The molecule has 0 aromatic heterocycles. The summed E-state index contributed by atoms with van der Waals surface area (Å²) in [6.45, 7) is 3.36. The average molecular weight is 285 g/mol. The van der Waals surface area contributed by atoms with Gasteiger partial charge in [0.2, 0.25) is 10.0 Å². The number of carbonyl (C=O) groups is 1. The van der Waals surface area contributed by atoms with Crippen molar-refractivity contribution in [3.05, 3.63) is 29.8 Å². The first-order chi connectivity index (χ1) is 8.77. The number of benzene rings is 1. The van der Waals surface area contributed by atoms with Gasteiger partial charge in [0, 0.05) is 6.54 Å². The zero-order valence-electron chi connectivity index (χ0n) is 11.3. The lowest BCUT2D eigenvalue weighted by Gasteiger charge is -2.26. The van der Waals surface area contributed by atoms with E-state index in [2.05, 4.69) is 0 Å². The van der Waals surface area contributed by atoms with E-state index in [0.717, 1.165) is 11.8 Å². The predicted octanol–water partition coefficient (Wildman–Crippen LogP) is 1.74. The van der Waals surface area contributed by atoms with Gasteiger partial charge in [-0.3, -0.25) is 9.10 Å². The Kier molecular flexibility index (Phi) is 4.94. The van der Waals surface area contributed by atoms with Crippen LogP contribution in [0.25, 0.3) is 0 Å². The van der Waals surface area contributed by atoms with Crippen molar-refractivity contribution in [1.29, 1.82) is 0 Å². The van der Waals surface area contributed by atoms with Crippen molar-refractivity contribution in [2.45, 2.75) is 20.3 Å². The number of anilines is 1. The summed E-state index contributed by atoms with van der Waals surface area (Å²) in [5, 5.41) is 8.95. The molecule has 1 atom stereocenters. The molecule has 0 radical (unpaired) electrons. The molecule has 0 saturated heterocycles. The van der Waals surface area contributed by atoms with Crippen LogP contribution in [0.4, 0.5) is 5.69 Å². The monoisotopic (exact) mass is 285 g/mol. The van der Waals surface area contributed by atoms with Crippen LogP contribution >= 0.6 is 0 Å². The Morgan fingerprint density at radius 3 is 2.42 bits per heavy atom. The lowest BCUT2D eigenvalue weighted by molar-refractivity contribution is -0.140. The van der Waals surface area contributed by atoms with Crippen molar-refractivity contribution in [2.24, 2.45) is 5.92 Å². The third-order valence-electron chi connectivity index (χ3n) is 2.90. The molecule has 5 nitrogen and oxygen atoms in total. The summed E-state index contributed by atoms with van der Waals surface area (Å²) >= 11 is 0. The largest absolute Gasteiger partial charge is 0.481 e. The molecular formula is C13H19NO4S. The van der Waals surface area contributed by atoms with Gasteiger partial charge in [0.15, 0.2) is 0 Å². The molecule has 1 rings (SSSR count). The Hall–Kier alpha value is -1.56. The van der Waals surface area contributed by atoms with Crippen LogP contribution in [0.2, 0.25) is 0 Å². The lowest BCUT2D eigenvalue weighted by Crippen LogP contribution is -2.36. The number of sulfonamides is 1. The van der Waals surface area contributed by atoms with Crippen LogP contribution in [0.15, 0.2) is 24.3 Å². The van der Waals surface area contributed by atoms with E-state index in [1.54, 1.807) is 12.1 Å². The molecular weight excluding hydrogens is 266 g/mol. The highest BCUT2D eigenvalue weighted by Gasteiger charge is 2.24. The zero-order valence-corrected chi connectivity index (χ0v) is 12.1. The van der Waals surface area contributed by atoms with Gasteiger partial charge in [-0.05, 0) is 18.1 Å². The van der Waals surface area contributed by atoms with Gasteiger partial charge in [-0.2, -0.15) is 0 Å². The molecule has 0 amide bonds. The number of carboxylic acids is 1. The Morgan fingerprint density at radius 2 is 1.95 bits per heavy atom. The van der Waals surface area contributed by atoms with Crippen molar-refractivity contribution < 1.29 is 18.3 Å². The highest BCUT2D eigenvalue weighted by Crippen LogP contribution is 2.24. The fourth-order valence-corrected chi connectivity index (χ4v) is 2.82. The van der Waals surface area contributed by atoms with Crippen LogP contribution < -0.4 is 4.31 Å². The van der Waals surface area contributed by atoms with Gasteiger partial charge in [-0.25, -0.2) is 8.42 Å². The van der Waals surface area contributed by atoms with Crippen molar-refractivity contribution in [2.75, 3.05) is 17.1 Å². The number of aryl methyl sites for hydroxylation is 1. The predicted molar refractivity (Wildman–Crippen MR) is 74.8 cm³/mol. The van der Waals surface area contributed by atoms with Crippen molar-refractivity contribution in [3.8, 4) is 0 Å². The summed E-state index contributed by atoms with van der Waals surface area (Å²) in [4.78, 5) is 10.9. The molecule has 0 bridgehead atoms. The van der Waals surface area contributed by atoms with E-state index in [4.69, 9.17) is 5.11 Å². The third kappa shape index (κ3) is 3.96. The second-order valence-corrected chi connectivity index (χ2v) is 6.42. The topological polar surface area (TPSA) is 74.7 Å². The highest BCUT2D eigenvalue weighted by atomic mass is 32.2. The Morgan fingerprint density at radius 1 is 1.37 bits per heavy atom. The van der Waals surface area contributed by atoms with Gasteiger partial charge in [-0.15, -0.1) is 0 Å². The van der Waals surface area contributed by atoms with Crippen LogP contribution in [0, 0.1) is 5.92 Å². The first kappa shape index (κ1) is 15.5. The summed E-state index contributed by atoms with van der Waals surface area (Å²) in [6.07, 6.45) is 1.78. The molecule has 6 heteroatoms. The molecule has 0 aliphatic carbocycles. The van der Waals surface area contributed by atoms with Crippen LogP contribution in [0.5, 0.6) is 0 Å². The summed E-state index contributed by atoms with van der Waals surface area (Å²) in [6, 6.07) is 7.13. The maximum Gasteiger partial charge on any atom is 0.308 e. The molecule has 0 heterocycles. The van der Waals surface area contributed by atoms with E-state index in [-0.39, 0.29) is 6.54 Å². The van der Waals surface area contributed by atoms with Gasteiger partial charge in [0.05, 0.1) is 17.9 Å². The van der Waals surface area contributed by atoms with Gasteiger partial charge >= 0.3 is 5.97 Å². The van der Waals surface area contributed by atoms with E-state index in [1.807, 2.05) is 19.1 Å². The van der Waals surface area contributed by atoms with E-state index in [1.165, 1.54) is 11.2 Å². The zero-order chi connectivity index (χ0) is 14.6. The average Bonchev–Trinajstić information content (AvgIpc) is 2.34. The van der Waals surface area contributed by atoms with Gasteiger partial charge in [0.1, 0.15) is 0 Å². The standard InChI is InChI=1S/C13H19NO4S/c1-4-11-7-5-6-8-12(11)14(19(3,17)18)9-10(2)13(15)16/h5-8,10H,4,9H2,1-3H3,(H,15,16). The van der Waals surface area contributed by atoms with Gasteiger partial charge < -0.3 is 5.11 Å². The number of hydrogen-bond donors (Lipinski definition) is 1. The highest BCUT2D eigenvalue weighted by molar-refractivity contribution is 7.92. The maximum absolute atomic E-state index is 11.9. The summed E-state index contributed by atoms with van der Waals surface area (Å²) < 4.78 is 25.0. The molecule has 19 heavy (non-hydrogen) atoms. The SMILES string of the molecule is CCc1ccccc1N(CC(C)C(=O)O)S(C)(=O)=O. The lowest BCUT2D eigenvalue weighted by atomic mass is 10.1. The van der Waals surface area contributed by atoms with E-state index >= 15 is 0 Å². The van der Waals surface area contributed by atoms with E-state index in [0.29, 0.717) is 12.1 Å². The number of hydrogen-bond acceptors (Lipinski definition) is 3. The fraction of sp³-hybridized carbons (Fsp3) is 0.462. The second kappa shape index (κ2) is 6.06. The minimum atomic E-state index is -3.51. The molecule has 0 saturated carbocycles. The van der Waals surface area contributed by atoms with E-state index in [9.17, 15) is 13.2 Å². The molecule has 0 spiro atoms. The maximum atomic E-state index is 11.9. The molecule has 1 aromatic rings. The van der Waals surface area contributed by atoms with Gasteiger partial charge in [0.25, 0.3) is 0 Å². The van der Waals surface area contributed by atoms with E-state index < -0.39 is 21.9 Å². The fourth-order valence-electron chi connectivity index (χ4n) is 1.79. The molecule has 0 aliphatic heterocycles. The molecule has 0 fully saturated rings. The minimum absolute atomic E-state index is 0.0643. The summed E-state index contributed by atoms with van der Waals surface area (Å²) in [5.74, 6) is -1.78. The number of aliphatic carboxylic acids is 1. The number of para-hydroxylation sites is 1. The normalized spacial score (nSPS) is 13.0.